The summed E-state index contributed by atoms with van der Waals surface area (Å²) in [6.07, 6.45) is 0. The van der Waals surface area contributed by atoms with Crippen molar-refractivity contribution in [2.75, 3.05) is 10.5 Å². The van der Waals surface area contributed by atoms with Gasteiger partial charge in [0.05, 0.1) is 15.5 Å². The molecule has 0 spiro atoms. The van der Waals surface area contributed by atoms with E-state index in [1.54, 1.807) is 25.1 Å². The zero-order chi connectivity index (χ0) is 15.5. The molecule has 21 heavy (non-hydrogen) atoms. The van der Waals surface area contributed by atoms with Gasteiger partial charge in [0.15, 0.2) is 9.84 Å². The molecule has 1 N–H and O–H groups in total. The van der Waals surface area contributed by atoms with E-state index in [-0.39, 0.29) is 15.5 Å². The maximum absolute atomic E-state index is 12.1. The molecule has 0 amide bonds. The Balaban J connectivity index is 2.26. The summed E-state index contributed by atoms with van der Waals surface area (Å²) in [5.74, 6) is 0.00207. The summed E-state index contributed by atoms with van der Waals surface area (Å²) in [5, 5.41) is 0. The summed E-state index contributed by atoms with van der Waals surface area (Å²) in [6, 6.07) is 13.6. The normalized spacial score (nSPS) is 12.0. The quantitative estimate of drug-likeness (QED) is 0.914. The molecule has 0 saturated heterocycles. The highest BCUT2D eigenvalue weighted by molar-refractivity contribution is 7.92. The molecular formula is C14H15NO4S2. The van der Waals surface area contributed by atoms with Gasteiger partial charge in [-0.15, -0.1) is 0 Å². The van der Waals surface area contributed by atoms with Gasteiger partial charge in [-0.3, -0.25) is 4.72 Å². The SMILES string of the molecule is CCS(=O)(=O)c1ccc(NS(=O)(=O)c2ccccc2)cc1. The number of hydrogen-bond donors (Lipinski definition) is 1. The largest absolute Gasteiger partial charge is 0.280 e. The predicted molar refractivity (Wildman–Crippen MR) is 81.4 cm³/mol. The predicted octanol–water partition coefficient (Wildman–Crippen LogP) is 2.28. The van der Waals surface area contributed by atoms with Crippen LogP contribution in [0.25, 0.3) is 0 Å². The molecule has 112 valence electrons. The van der Waals surface area contributed by atoms with Crippen LogP contribution in [-0.2, 0) is 19.9 Å². The topological polar surface area (TPSA) is 80.3 Å². The third-order valence-electron chi connectivity index (χ3n) is 2.90. The summed E-state index contributed by atoms with van der Waals surface area (Å²) >= 11 is 0. The minimum absolute atomic E-state index is 0.00207. The van der Waals surface area contributed by atoms with Crippen LogP contribution < -0.4 is 4.72 Å². The van der Waals surface area contributed by atoms with Crippen molar-refractivity contribution in [3.05, 3.63) is 54.6 Å². The number of nitrogens with one attached hydrogen (secondary N) is 1. The van der Waals surface area contributed by atoms with E-state index in [2.05, 4.69) is 4.72 Å². The zero-order valence-electron chi connectivity index (χ0n) is 11.4. The Morgan fingerprint density at radius 2 is 1.38 bits per heavy atom. The highest BCUT2D eigenvalue weighted by Gasteiger charge is 2.15. The summed E-state index contributed by atoms with van der Waals surface area (Å²) in [7, 11) is -6.95. The summed E-state index contributed by atoms with van der Waals surface area (Å²) in [4.78, 5) is 0.322. The van der Waals surface area contributed by atoms with Crippen LogP contribution in [0, 0.1) is 0 Å². The number of hydrogen-bond acceptors (Lipinski definition) is 4. The molecular weight excluding hydrogens is 310 g/mol. The van der Waals surface area contributed by atoms with Gasteiger partial charge in [0.2, 0.25) is 0 Å². The van der Waals surface area contributed by atoms with Crippen molar-refractivity contribution >= 4 is 25.5 Å². The van der Waals surface area contributed by atoms with Gasteiger partial charge in [-0.25, -0.2) is 16.8 Å². The zero-order valence-corrected chi connectivity index (χ0v) is 13.0. The molecule has 0 radical (unpaired) electrons. The van der Waals surface area contributed by atoms with Gasteiger partial charge in [-0.05, 0) is 36.4 Å². The fourth-order valence-electron chi connectivity index (χ4n) is 1.71. The molecule has 2 aromatic rings. The van der Waals surface area contributed by atoms with Crippen molar-refractivity contribution in [1.29, 1.82) is 0 Å². The molecule has 0 bridgehead atoms. The Morgan fingerprint density at radius 3 is 1.90 bits per heavy atom. The first-order chi connectivity index (χ1) is 9.85. The standard InChI is InChI=1S/C14H15NO4S2/c1-2-20(16,17)13-10-8-12(9-11-13)15-21(18,19)14-6-4-3-5-7-14/h3-11,15H,2H2,1H3. The van der Waals surface area contributed by atoms with Crippen molar-refractivity contribution in [2.45, 2.75) is 16.7 Å². The summed E-state index contributed by atoms with van der Waals surface area (Å²) in [5.41, 5.74) is 0.314. The first kappa shape index (κ1) is 15.5. The monoisotopic (exact) mass is 325 g/mol. The molecule has 2 rings (SSSR count). The molecule has 0 aromatic heterocycles. The molecule has 0 saturated carbocycles. The smallest absolute Gasteiger partial charge is 0.261 e. The van der Waals surface area contributed by atoms with Crippen molar-refractivity contribution in [3.8, 4) is 0 Å². The lowest BCUT2D eigenvalue weighted by molar-refractivity contribution is 0.597. The van der Waals surface area contributed by atoms with Gasteiger partial charge in [-0.1, -0.05) is 25.1 Å². The van der Waals surface area contributed by atoms with Crippen molar-refractivity contribution < 1.29 is 16.8 Å². The lowest BCUT2D eigenvalue weighted by atomic mass is 10.3. The minimum Gasteiger partial charge on any atom is -0.280 e. The van der Waals surface area contributed by atoms with Crippen molar-refractivity contribution in [2.24, 2.45) is 0 Å². The Morgan fingerprint density at radius 1 is 0.810 bits per heavy atom. The van der Waals surface area contributed by atoms with E-state index in [0.717, 1.165) is 0 Å². The van der Waals surface area contributed by atoms with Crippen molar-refractivity contribution in [1.82, 2.24) is 0 Å². The molecule has 0 atom stereocenters. The van der Waals surface area contributed by atoms with Crippen LogP contribution in [0.15, 0.2) is 64.4 Å². The van der Waals surface area contributed by atoms with Gasteiger partial charge in [-0.2, -0.15) is 0 Å². The van der Waals surface area contributed by atoms with Gasteiger partial charge in [0, 0.05) is 5.69 Å². The molecule has 7 heteroatoms. The summed E-state index contributed by atoms with van der Waals surface area (Å²) in [6.45, 7) is 1.56. The lowest BCUT2D eigenvalue weighted by Crippen LogP contribution is -2.13. The molecule has 0 heterocycles. The molecule has 2 aromatic carbocycles. The van der Waals surface area contributed by atoms with Gasteiger partial charge < -0.3 is 0 Å². The number of benzene rings is 2. The third kappa shape index (κ3) is 3.62. The van der Waals surface area contributed by atoms with E-state index in [1.165, 1.54) is 36.4 Å². The van der Waals surface area contributed by atoms with E-state index >= 15 is 0 Å². The van der Waals surface area contributed by atoms with E-state index in [1.807, 2.05) is 0 Å². The molecule has 5 nitrogen and oxygen atoms in total. The molecule has 0 aliphatic carbocycles. The lowest BCUT2D eigenvalue weighted by Gasteiger charge is -2.08. The number of rotatable bonds is 5. The number of sulfonamides is 1. The van der Waals surface area contributed by atoms with Gasteiger partial charge >= 0.3 is 0 Å². The Hall–Kier alpha value is -1.86. The maximum Gasteiger partial charge on any atom is 0.261 e. The fraction of sp³-hybridized carbons (Fsp3) is 0.143. The van der Waals surface area contributed by atoms with E-state index in [4.69, 9.17) is 0 Å². The average Bonchev–Trinajstić information content (AvgIpc) is 2.48. The van der Waals surface area contributed by atoms with E-state index in [0.29, 0.717) is 5.69 Å². The fourth-order valence-corrected chi connectivity index (χ4v) is 3.67. The third-order valence-corrected chi connectivity index (χ3v) is 6.05. The Bertz CT molecular complexity index is 811. The summed E-state index contributed by atoms with van der Waals surface area (Å²) < 4.78 is 50.0. The Kier molecular flexibility index (Phi) is 4.34. The second kappa shape index (κ2) is 5.87. The molecule has 0 unspecified atom stereocenters. The van der Waals surface area contributed by atoms with Crippen LogP contribution in [0.4, 0.5) is 5.69 Å². The highest BCUT2D eigenvalue weighted by atomic mass is 32.2. The van der Waals surface area contributed by atoms with Crippen LogP contribution in [0.2, 0.25) is 0 Å². The molecule has 0 aliphatic heterocycles. The Labute approximate surface area is 124 Å². The van der Waals surface area contributed by atoms with Crippen molar-refractivity contribution in [3.63, 3.8) is 0 Å². The van der Waals surface area contributed by atoms with Gasteiger partial charge in [0.1, 0.15) is 0 Å². The maximum atomic E-state index is 12.1. The van der Waals surface area contributed by atoms with Crippen LogP contribution in [0.3, 0.4) is 0 Å². The second-order valence-corrected chi connectivity index (χ2v) is 8.31. The van der Waals surface area contributed by atoms with Crippen LogP contribution in [0.1, 0.15) is 6.92 Å². The number of sulfone groups is 1. The second-order valence-electron chi connectivity index (χ2n) is 4.35. The first-order valence-electron chi connectivity index (χ1n) is 6.26. The highest BCUT2D eigenvalue weighted by Crippen LogP contribution is 2.18. The van der Waals surface area contributed by atoms with E-state index < -0.39 is 19.9 Å². The number of anilines is 1. The van der Waals surface area contributed by atoms with Gasteiger partial charge in [0.25, 0.3) is 10.0 Å². The first-order valence-corrected chi connectivity index (χ1v) is 9.39. The molecule has 0 aliphatic rings. The minimum atomic E-state index is -3.67. The van der Waals surface area contributed by atoms with Crippen LogP contribution in [0.5, 0.6) is 0 Å². The average molecular weight is 325 g/mol. The van der Waals surface area contributed by atoms with Crippen LogP contribution in [-0.4, -0.2) is 22.6 Å². The van der Waals surface area contributed by atoms with Crippen LogP contribution >= 0.6 is 0 Å². The van der Waals surface area contributed by atoms with E-state index in [9.17, 15) is 16.8 Å². The molecule has 0 fully saturated rings.